The van der Waals surface area contributed by atoms with Crippen LogP contribution in [0.25, 0.3) is 0 Å². The molecule has 0 rings (SSSR count). The normalized spacial score (nSPS) is 14.0. The third-order valence-electron chi connectivity index (χ3n) is 4.54. The fourth-order valence-corrected chi connectivity index (χ4v) is 3.18. The highest BCUT2D eigenvalue weighted by Gasteiger charge is 2.28. The summed E-state index contributed by atoms with van der Waals surface area (Å²) in [5.41, 5.74) is 0. The van der Waals surface area contributed by atoms with Gasteiger partial charge in [-0.25, -0.2) is 0 Å². The Bertz CT molecular complexity index is 347. The highest BCUT2D eigenvalue weighted by Crippen LogP contribution is 2.18. The van der Waals surface area contributed by atoms with Crippen LogP contribution in [0.15, 0.2) is 11.8 Å². The summed E-state index contributed by atoms with van der Waals surface area (Å²) in [4.78, 5) is 11.1. The molecule has 0 aromatic heterocycles. The van der Waals surface area contributed by atoms with Gasteiger partial charge in [0.15, 0.2) is 0 Å². The second-order valence-corrected chi connectivity index (χ2v) is 6.89. The molecule has 0 spiro atoms. The van der Waals surface area contributed by atoms with E-state index in [1.165, 1.54) is 12.8 Å². The standard InChI is InChI=1S/C19H37NO3/c1-5-8-9-10-11-18(21)16-20(13-6-2,14-7-3)15-12-17(4)19(22)23/h11,17H,5-10,12-16H2,1-4H3,(H-,21,22,23)/p+1/b18-11-. The Morgan fingerprint density at radius 1 is 1.00 bits per heavy atom. The van der Waals surface area contributed by atoms with Crippen molar-refractivity contribution in [3.05, 3.63) is 11.8 Å². The molecule has 0 saturated heterocycles. The maximum absolute atomic E-state index is 11.1. The minimum Gasteiger partial charge on any atom is -0.507 e. The molecule has 0 saturated carbocycles. The quantitative estimate of drug-likeness (QED) is 0.275. The lowest BCUT2D eigenvalue weighted by Gasteiger charge is -2.39. The van der Waals surface area contributed by atoms with Gasteiger partial charge in [-0.1, -0.05) is 40.5 Å². The average molecular weight is 329 g/mol. The number of nitrogens with zero attached hydrogens (tertiary/aromatic N) is 1. The van der Waals surface area contributed by atoms with Crippen LogP contribution in [0.5, 0.6) is 0 Å². The summed E-state index contributed by atoms with van der Waals surface area (Å²) in [5.74, 6) is -0.571. The Labute approximate surface area is 142 Å². The van der Waals surface area contributed by atoms with Crippen molar-refractivity contribution in [3.8, 4) is 0 Å². The van der Waals surface area contributed by atoms with Gasteiger partial charge >= 0.3 is 5.97 Å². The average Bonchev–Trinajstić information content (AvgIpc) is 2.49. The molecule has 1 atom stereocenters. The Kier molecular flexibility index (Phi) is 11.8. The molecule has 0 aromatic carbocycles. The van der Waals surface area contributed by atoms with Gasteiger partial charge in [0.1, 0.15) is 12.3 Å². The van der Waals surface area contributed by atoms with Gasteiger partial charge in [-0.15, -0.1) is 0 Å². The van der Waals surface area contributed by atoms with E-state index in [1.54, 1.807) is 6.92 Å². The van der Waals surface area contributed by atoms with Crippen molar-refractivity contribution in [2.45, 2.75) is 72.6 Å². The molecular formula is C19H38NO3+. The summed E-state index contributed by atoms with van der Waals surface area (Å²) in [5, 5.41) is 19.5. The third-order valence-corrected chi connectivity index (χ3v) is 4.54. The summed E-state index contributed by atoms with van der Waals surface area (Å²) >= 11 is 0. The Morgan fingerprint density at radius 2 is 1.61 bits per heavy atom. The number of aliphatic hydroxyl groups is 1. The molecule has 1 unspecified atom stereocenters. The van der Waals surface area contributed by atoms with Crippen LogP contribution in [0.1, 0.15) is 72.6 Å². The molecular weight excluding hydrogens is 290 g/mol. The van der Waals surface area contributed by atoms with E-state index >= 15 is 0 Å². The molecule has 4 nitrogen and oxygen atoms in total. The van der Waals surface area contributed by atoms with E-state index in [0.717, 1.165) is 49.8 Å². The summed E-state index contributed by atoms with van der Waals surface area (Å²) in [7, 11) is 0. The van der Waals surface area contributed by atoms with Crippen LogP contribution in [0.2, 0.25) is 0 Å². The van der Waals surface area contributed by atoms with Crippen LogP contribution in [0.4, 0.5) is 0 Å². The predicted molar refractivity (Wildman–Crippen MR) is 96.6 cm³/mol. The SMILES string of the molecule is CCCCC/C=C(\O)C[N+](CCC)(CCC)CCC(C)C(=O)O. The first-order chi connectivity index (χ1) is 10.9. The van der Waals surface area contributed by atoms with E-state index in [0.29, 0.717) is 18.7 Å². The largest absolute Gasteiger partial charge is 0.507 e. The number of aliphatic carboxylic acids is 1. The van der Waals surface area contributed by atoms with E-state index in [-0.39, 0.29) is 5.92 Å². The van der Waals surface area contributed by atoms with Crippen molar-refractivity contribution in [2.24, 2.45) is 5.92 Å². The number of carboxylic acid groups (broad SMARTS) is 1. The number of hydrogen-bond acceptors (Lipinski definition) is 2. The van der Waals surface area contributed by atoms with E-state index in [9.17, 15) is 9.90 Å². The van der Waals surface area contributed by atoms with Gasteiger partial charge in [0.25, 0.3) is 0 Å². The molecule has 0 heterocycles. The smallest absolute Gasteiger partial charge is 0.306 e. The highest BCUT2D eigenvalue weighted by molar-refractivity contribution is 5.69. The number of rotatable bonds is 14. The van der Waals surface area contributed by atoms with Crippen LogP contribution in [-0.2, 0) is 4.79 Å². The van der Waals surface area contributed by atoms with Gasteiger partial charge in [-0.05, 0) is 31.8 Å². The molecule has 4 heteroatoms. The second kappa shape index (κ2) is 12.4. The van der Waals surface area contributed by atoms with Gasteiger partial charge < -0.3 is 14.7 Å². The van der Waals surface area contributed by atoms with Crippen molar-refractivity contribution in [3.63, 3.8) is 0 Å². The minimum atomic E-state index is -0.726. The zero-order valence-electron chi connectivity index (χ0n) is 15.7. The zero-order valence-corrected chi connectivity index (χ0v) is 15.7. The second-order valence-electron chi connectivity index (χ2n) is 6.89. The van der Waals surface area contributed by atoms with Crippen molar-refractivity contribution in [2.75, 3.05) is 26.2 Å². The lowest BCUT2D eigenvalue weighted by Crippen LogP contribution is -2.51. The van der Waals surface area contributed by atoms with E-state index in [1.807, 2.05) is 6.08 Å². The van der Waals surface area contributed by atoms with Crippen molar-refractivity contribution in [1.82, 2.24) is 0 Å². The van der Waals surface area contributed by atoms with Gasteiger partial charge in [0.2, 0.25) is 0 Å². The molecule has 23 heavy (non-hydrogen) atoms. The summed E-state index contributed by atoms with van der Waals surface area (Å²) in [6.45, 7) is 11.7. The number of carbonyl (C=O) groups is 1. The number of carboxylic acids is 1. The predicted octanol–water partition coefficient (Wildman–Crippen LogP) is 4.76. The lowest BCUT2D eigenvalue weighted by atomic mass is 10.1. The van der Waals surface area contributed by atoms with Gasteiger partial charge in [0, 0.05) is 6.42 Å². The molecule has 0 radical (unpaired) electrons. The number of aliphatic hydroxyl groups excluding tert-OH is 1. The van der Waals surface area contributed by atoms with E-state index in [4.69, 9.17) is 5.11 Å². The van der Waals surface area contributed by atoms with Crippen molar-refractivity contribution in [1.29, 1.82) is 0 Å². The van der Waals surface area contributed by atoms with Crippen LogP contribution in [0, 0.1) is 5.92 Å². The monoisotopic (exact) mass is 328 g/mol. The molecule has 0 fully saturated rings. The van der Waals surface area contributed by atoms with Crippen LogP contribution in [0.3, 0.4) is 0 Å². The molecule has 0 aliphatic rings. The van der Waals surface area contributed by atoms with Gasteiger partial charge in [-0.3, -0.25) is 4.79 Å². The van der Waals surface area contributed by atoms with Crippen LogP contribution in [-0.4, -0.2) is 46.8 Å². The van der Waals surface area contributed by atoms with Crippen molar-refractivity contribution >= 4 is 5.97 Å². The number of allylic oxidation sites excluding steroid dienone is 1. The van der Waals surface area contributed by atoms with Crippen LogP contribution < -0.4 is 0 Å². The summed E-state index contributed by atoms with van der Waals surface area (Å²) < 4.78 is 0.806. The summed E-state index contributed by atoms with van der Waals surface area (Å²) in [6.07, 6.45) is 9.17. The Hall–Kier alpha value is -1.03. The molecule has 0 amide bonds. The van der Waals surface area contributed by atoms with E-state index in [2.05, 4.69) is 20.8 Å². The number of quaternary nitrogens is 1. The maximum Gasteiger partial charge on any atom is 0.306 e. The molecule has 0 bridgehead atoms. The lowest BCUT2D eigenvalue weighted by molar-refractivity contribution is -0.925. The minimum absolute atomic E-state index is 0.322. The maximum atomic E-state index is 11.1. The zero-order chi connectivity index (χ0) is 17.7. The first-order valence-electron chi connectivity index (χ1n) is 9.36. The molecule has 2 N–H and O–H groups in total. The van der Waals surface area contributed by atoms with Crippen LogP contribution >= 0.6 is 0 Å². The number of unbranched alkanes of at least 4 members (excludes halogenated alkanes) is 3. The third kappa shape index (κ3) is 9.65. The van der Waals surface area contributed by atoms with E-state index < -0.39 is 5.97 Å². The fourth-order valence-electron chi connectivity index (χ4n) is 3.18. The molecule has 0 aromatic rings. The summed E-state index contributed by atoms with van der Waals surface area (Å²) in [6, 6.07) is 0. The fraction of sp³-hybridized carbons (Fsp3) is 0.842. The van der Waals surface area contributed by atoms with Gasteiger partial charge in [-0.2, -0.15) is 0 Å². The first kappa shape index (κ1) is 22.0. The molecule has 0 aliphatic carbocycles. The molecule has 136 valence electrons. The van der Waals surface area contributed by atoms with Gasteiger partial charge in [0.05, 0.1) is 25.6 Å². The first-order valence-corrected chi connectivity index (χ1v) is 9.36. The Balaban J connectivity index is 4.84. The number of hydrogen-bond donors (Lipinski definition) is 2. The topological polar surface area (TPSA) is 57.5 Å². The Morgan fingerprint density at radius 3 is 2.09 bits per heavy atom. The van der Waals surface area contributed by atoms with Crippen molar-refractivity contribution < 1.29 is 19.5 Å². The molecule has 0 aliphatic heterocycles. The highest BCUT2D eigenvalue weighted by atomic mass is 16.4.